The quantitative estimate of drug-likeness (QED) is 0.502. The van der Waals surface area contributed by atoms with Gasteiger partial charge in [-0.05, 0) is 0 Å². The number of hydrogen-bond donors (Lipinski definition) is 4. The maximum Gasteiger partial charge on any atom is 0.167 e. The molecule has 2 aromatic heterocycles. The zero-order valence-electron chi connectivity index (χ0n) is 11.5. The number of imidazole rings is 1. The summed E-state index contributed by atoms with van der Waals surface area (Å²) in [6.45, 7) is -0.113. The van der Waals surface area contributed by atoms with Crippen molar-refractivity contribution in [2.24, 2.45) is 0 Å². The van der Waals surface area contributed by atoms with Gasteiger partial charge < -0.3 is 25.4 Å². The zero-order chi connectivity index (χ0) is 15.7. The molecule has 0 spiro atoms. The van der Waals surface area contributed by atoms with E-state index in [0.717, 1.165) is 0 Å². The van der Waals surface area contributed by atoms with Gasteiger partial charge in [0.1, 0.15) is 24.6 Å². The van der Waals surface area contributed by atoms with E-state index in [9.17, 15) is 10.2 Å². The van der Waals surface area contributed by atoms with Crippen molar-refractivity contribution in [2.45, 2.75) is 24.5 Å². The number of hydrogen-bond acceptors (Lipinski definition) is 8. The van der Waals surface area contributed by atoms with Crippen LogP contribution in [0.5, 0.6) is 0 Å². The molecule has 1 fully saturated rings. The lowest BCUT2D eigenvalue weighted by atomic mass is 10.1. The predicted molar refractivity (Wildman–Crippen MR) is 75.7 cm³/mol. The van der Waals surface area contributed by atoms with Crippen LogP contribution >= 0.6 is 0 Å². The summed E-state index contributed by atoms with van der Waals surface area (Å²) in [6.07, 6.45) is 3.82. The van der Waals surface area contributed by atoms with Crippen molar-refractivity contribution in [1.82, 2.24) is 19.5 Å². The van der Waals surface area contributed by atoms with E-state index in [1.165, 1.54) is 17.2 Å². The first kappa shape index (κ1) is 14.7. The Morgan fingerprint density at radius 1 is 1.32 bits per heavy atom. The van der Waals surface area contributed by atoms with Gasteiger partial charge in [-0.2, -0.15) is 0 Å². The van der Waals surface area contributed by atoms with Crippen molar-refractivity contribution >= 4 is 17.0 Å². The Balaban J connectivity index is 1.97. The molecular formula is C13H15N5O4. The van der Waals surface area contributed by atoms with E-state index < -0.39 is 31.1 Å². The molecule has 3 rings (SSSR count). The Morgan fingerprint density at radius 2 is 2.14 bits per heavy atom. The molecule has 1 aliphatic heterocycles. The van der Waals surface area contributed by atoms with Crippen molar-refractivity contribution in [3.05, 3.63) is 12.7 Å². The SMILES string of the molecule is C#CCNc1ncnc2c1ncn2C1OC(CO)C(O)C1O. The van der Waals surface area contributed by atoms with Crippen LogP contribution in [-0.2, 0) is 4.74 Å². The fourth-order valence-electron chi connectivity index (χ4n) is 2.41. The van der Waals surface area contributed by atoms with Gasteiger partial charge in [0.15, 0.2) is 23.2 Å². The minimum absolute atomic E-state index is 0.285. The average molecular weight is 305 g/mol. The summed E-state index contributed by atoms with van der Waals surface area (Å²) in [5.74, 6) is 2.90. The van der Waals surface area contributed by atoms with E-state index in [1.807, 2.05) is 0 Å². The molecule has 4 N–H and O–H groups in total. The average Bonchev–Trinajstić information content (AvgIpc) is 3.08. The molecule has 4 atom stereocenters. The Labute approximate surface area is 125 Å². The number of nitrogens with zero attached hydrogens (tertiary/aromatic N) is 4. The van der Waals surface area contributed by atoms with Gasteiger partial charge in [0, 0.05) is 0 Å². The van der Waals surface area contributed by atoms with E-state index in [1.54, 1.807) is 0 Å². The summed E-state index contributed by atoms with van der Waals surface area (Å²) in [5, 5.41) is 32.0. The van der Waals surface area contributed by atoms with Gasteiger partial charge in [-0.1, -0.05) is 5.92 Å². The van der Waals surface area contributed by atoms with Crippen molar-refractivity contribution in [2.75, 3.05) is 18.5 Å². The molecule has 1 aliphatic rings. The molecule has 22 heavy (non-hydrogen) atoms. The van der Waals surface area contributed by atoms with Crippen molar-refractivity contribution < 1.29 is 20.1 Å². The number of terminal acetylenes is 1. The Bertz CT molecular complexity index is 712. The minimum Gasteiger partial charge on any atom is -0.394 e. The molecule has 0 radical (unpaired) electrons. The van der Waals surface area contributed by atoms with E-state index in [0.29, 0.717) is 17.0 Å². The number of fused-ring (bicyclic) bond motifs is 1. The van der Waals surface area contributed by atoms with Crippen molar-refractivity contribution in [3.8, 4) is 12.3 Å². The first-order valence-electron chi connectivity index (χ1n) is 6.64. The normalized spacial score (nSPS) is 27.9. The standard InChI is InChI=1S/C13H15N5O4/c1-2-3-14-11-8-12(16-5-15-11)18(6-17-8)13-10(21)9(20)7(4-19)22-13/h1,5-7,9-10,13,19-21H,3-4H2,(H,14,15,16). The highest BCUT2D eigenvalue weighted by molar-refractivity contribution is 5.82. The van der Waals surface area contributed by atoms with E-state index in [-0.39, 0.29) is 6.54 Å². The van der Waals surface area contributed by atoms with Gasteiger partial charge in [0.25, 0.3) is 0 Å². The second-order valence-electron chi connectivity index (χ2n) is 4.83. The summed E-state index contributed by atoms with van der Waals surface area (Å²) >= 11 is 0. The van der Waals surface area contributed by atoms with Crippen LogP contribution in [-0.4, -0.2) is 66.3 Å². The first-order chi connectivity index (χ1) is 10.7. The van der Waals surface area contributed by atoms with E-state index >= 15 is 0 Å². The number of aliphatic hydroxyl groups excluding tert-OH is 3. The van der Waals surface area contributed by atoms with Gasteiger partial charge >= 0.3 is 0 Å². The number of anilines is 1. The molecule has 0 amide bonds. The molecule has 4 unspecified atom stereocenters. The van der Waals surface area contributed by atoms with Crippen LogP contribution in [0.4, 0.5) is 5.82 Å². The smallest absolute Gasteiger partial charge is 0.167 e. The molecule has 9 heteroatoms. The fourth-order valence-corrected chi connectivity index (χ4v) is 2.41. The third-order valence-electron chi connectivity index (χ3n) is 3.51. The highest BCUT2D eigenvalue weighted by Gasteiger charge is 2.43. The maximum atomic E-state index is 10.1. The van der Waals surface area contributed by atoms with Crippen LogP contribution in [0, 0.1) is 12.3 Å². The molecule has 3 heterocycles. The summed E-state index contributed by atoms with van der Waals surface area (Å²) in [6, 6.07) is 0. The molecule has 2 aromatic rings. The summed E-state index contributed by atoms with van der Waals surface area (Å²) < 4.78 is 6.96. The monoisotopic (exact) mass is 305 g/mol. The maximum absolute atomic E-state index is 10.1. The number of nitrogens with one attached hydrogen (secondary N) is 1. The Morgan fingerprint density at radius 3 is 2.82 bits per heavy atom. The number of aromatic nitrogens is 4. The Kier molecular flexibility index (Phi) is 3.91. The predicted octanol–water partition coefficient (Wildman–Crippen LogP) is -1.52. The number of ether oxygens (including phenoxy) is 1. The number of aliphatic hydroxyl groups is 3. The molecule has 0 saturated carbocycles. The topological polar surface area (TPSA) is 126 Å². The molecule has 0 aromatic carbocycles. The van der Waals surface area contributed by atoms with Crippen LogP contribution in [0.2, 0.25) is 0 Å². The van der Waals surface area contributed by atoms with Gasteiger partial charge in [0.05, 0.1) is 19.5 Å². The second-order valence-corrected chi connectivity index (χ2v) is 4.83. The molecule has 1 saturated heterocycles. The molecule has 0 aliphatic carbocycles. The molecule has 116 valence electrons. The Hall–Kier alpha value is -2.25. The third-order valence-corrected chi connectivity index (χ3v) is 3.51. The van der Waals surface area contributed by atoms with Crippen LogP contribution in [0.15, 0.2) is 12.7 Å². The van der Waals surface area contributed by atoms with Gasteiger partial charge in [-0.25, -0.2) is 15.0 Å². The highest BCUT2D eigenvalue weighted by Crippen LogP contribution is 2.31. The molecular weight excluding hydrogens is 290 g/mol. The van der Waals surface area contributed by atoms with Gasteiger partial charge in [-0.15, -0.1) is 6.42 Å². The lowest BCUT2D eigenvalue weighted by Crippen LogP contribution is -2.33. The number of rotatable bonds is 4. The summed E-state index contributed by atoms with van der Waals surface area (Å²) in [4.78, 5) is 12.4. The fraction of sp³-hybridized carbons (Fsp3) is 0.462. The molecule has 9 nitrogen and oxygen atoms in total. The zero-order valence-corrected chi connectivity index (χ0v) is 11.5. The van der Waals surface area contributed by atoms with E-state index in [4.69, 9.17) is 16.3 Å². The van der Waals surface area contributed by atoms with Crippen LogP contribution in [0.25, 0.3) is 11.2 Å². The van der Waals surface area contributed by atoms with Crippen LogP contribution in [0.3, 0.4) is 0 Å². The largest absolute Gasteiger partial charge is 0.394 e. The minimum atomic E-state index is -1.20. The summed E-state index contributed by atoms with van der Waals surface area (Å²) in [7, 11) is 0. The summed E-state index contributed by atoms with van der Waals surface area (Å²) in [5.41, 5.74) is 0.889. The van der Waals surface area contributed by atoms with Crippen LogP contribution in [0.1, 0.15) is 6.23 Å². The van der Waals surface area contributed by atoms with Gasteiger partial charge in [0.2, 0.25) is 0 Å². The highest BCUT2D eigenvalue weighted by atomic mass is 16.6. The second kappa shape index (κ2) is 5.86. The van der Waals surface area contributed by atoms with E-state index in [2.05, 4.69) is 26.2 Å². The first-order valence-corrected chi connectivity index (χ1v) is 6.64. The van der Waals surface area contributed by atoms with Crippen molar-refractivity contribution in [3.63, 3.8) is 0 Å². The molecule has 0 bridgehead atoms. The lowest BCUT2D eigenvalue weighted by molar-refractivity contribution is -0.0511. The van der Waals surface area contributed by atoms with Gasteiger partial charge in [-0.3, -0.25) is 4.57 Å². The van der Waals surface area contributed by atoms with Crippen molar-refractivity contribution in [1.29, 1.82) is 0 Å². The lowest BCUT2D eigenvalue weighted by Gasteiger charge is -2.16. The third kappa shape index (κ3) is 2.28. The van der Waals surface area contributed by atoms with Crippen LogP contribution < -0.4 is 5.32 Å².